The summed E-state index contributed by atoms with van der Waals surface area (Å²) in [6.45, 7) is 9.12. The SMILES string of the molecule is C=C/C(=C\C(=C)/C=C/C(=O)O)c1cncc(N2CCC(C=O)CC2)n1.CN. The molecule has 1 aromatic rings. The fraction of sp³-hybridized carbons (Fsp3) is 0.300. The Morgan fingerprint density at radius 2 is 1.96 bits per heavy atom. The highest BCUT2D eigenvalue weighted by Crippen LogP contribution is 2.22. The van der Waals surface area contributed by atoms with Crippen molar-refractivity contribution in [2.75, 3.05) is 25.0 Å². The normalized spacial score (nSPS) is 15.0. The van der Waals surface area contributed by atoms with Gasteiger partial charge in [-0.05, 0) is 37.6 Å². The van der Waals surface area contributed by atoms with E-state index in [1.807, 2.05) is 0 Å². The topological polar surface area (TPSA) is 109 Å². The van der Waals surface area contributed by atoms with Gasteiger partial charge in [0.2, 0.25) is 0 Å². The van der Waals surface area contributed by atoms with Crippen molar-refractivity contribution in [3.8, 4) is 0 Å². The molecule has 0 saturated carbocycles. The Kier molecular flexibility index (Phi) is 9.39. The summed E-state index contributed by atoms with van der Waals surface area (Å²) in [7, 11) is 1.50. The molecule has 0 amide bonds. The highest BCUT2D eigenvalue weighted by molar-refractivity contribution is 5.81. The summed E-state index contributed by atoms with van der Waals surface area (Å²) >= 11 is 0. The van der Waals surface area contributed by atoms with E-state index in [4.69, 9.17) is 5.11 Å². The second-order valence-electron chi connectivity index (χ2n) is 5.77. The third-order valence-electron chi connectivity index (χ3n) is 3.97. The van der Waals surface area contributed by atoms with Crippen LogP contribution in [-0.4, -0.2) is 47.5 Å². The number of nitrogens with zero attached hydrogens (tertiary/aromatic N) is 3. The van der Waals surface area contributed by atoms with Crippen LogP contribution in [0.5, 0.6) is 0 Å². The van der Waals surface area contributed by atoms with Crippen LogP contribution in [0, 0.1) is 5.92 Å². The van der Waals surface area contributed by atoms with E-state index in [1.165, 1.54) is 13.1 Å². The molecule has 3 N–H and O–H groups in total. The number of carboxylic acids is 1. The average molecular weight is 370 g/mol. The van der Waals surface area contributed by atoms with Gasteiger partial charge in [0.15, 0.2) is 0 Å². The number of carboxylic acid groups (broad SMARTS) is 1. The number of aromatic nitrogens is 2. The van der Waals surface area contributed by atoms with Crippen LogP contribution in [0.15, 0.2) is 55.4 Å². The number of allylic oxidation sites excluding steroid dienone is 5. The Morgan fingerprint density at radius 1 is 1.30 bits per heavy atom. The maximum atomic E-state index is 10.9. The highest BCUT2D eigenvalue weighted by Gasteiger charge is 2.20. The van der Waals surface area contributed by atoms with Crippen LogP contribution in [0.1, 0.15) is 18.5 Å². The third-order valence-corrected chi connectivity index (χ3v) is 3.97. The zero-order valence-electron chi connectivity index (χ0n) is 15.5. The zero-order chi connectivity index (χ0) is 20.2. The van der Waals surface area contributed by atoms with Crippen molar-refractivity contribution < 1.29 is 14.7 Å². The predicted molar refractivity (Wildman–Crippen MR) is 107 cm³/mol. The lowest BCUT2D eigenvalue weighted by Gasteiger charge is -2.30. The first-order chi connectivity index (χ1) is 13.0. The molecule has 0 unspecified atom stereocenters. The number of piperidine rings is 1. The molecule has 1 aliphatic heterocycles. The highest BCUT2D eigenvalue weighted by atomic mass is 16.4. The lowest BCUT2D eigenvalue weighted by molar-refractivity contribution is -0.131. The minimum atomic E-state index is -1.03. The predicted octanol–water partition coefficient (Wildman–Crippen LogP) is 2.23. The summed E-state index contributed by atoms with van der Waals surface area (Å²) in [6.07, 6.45) is 11.8. The molecule has 27 heavy (non-hydrogen) atoms. The number of anilines is 1. The van der Waals surface area contributed by atoms with Crippen LogP contribution in [0.4, 0.5) is 5.82 Å². The van der Waals surface area contributed by atoms with E-state index in [0.29, 0.717) is 16.8 Å². The second-order valence-corrected chi connectivity index (χ2v) is 5.77. The number of aldehydes is 1. The third kappa shape index (κ3) is 6.99. The molecule has 2 heterocycles. The van der Waals surface area contributed by atoms with E-state index >= 15 is 0 Å². The minimum absolute atomic E-state index is 0.125. The smallest absolute Gasteiger partial charge is 0.328 e. The van der Waals surface area contributed by atoms with E-state index < -0.39 is 5.97 Å². The number of hydrogen-bond donors (Lipinski definition) is 2. The second kappa shape index (κ2) is 11.5. The van der Waals surface area contributed by atoms with Crippen molar-refractivity contribution in [1.29, 1.82) is 0 Å². The van der Waals surface area contributed by atoms with Crippen LogP contribution in [-0.2, 0) is 9.59 Å². The van der Waals surface area contributed by atoms with Crippen LogP contribution in [0.3, 0.4) is 0 Å². The van der Waals surface area contributed by atoms with Gasteiger partial charge in [-0.3, -0.25) is 4.98 Å². The molecule has 0 spiro atoms. The molecule has 1 aromatic heterocycles. The molecule has 144 valence electrons. The lowest BCUT2D eigenvalue weighted by atomic mass is 9.99. The van der Waals surface area contributed by atoms with Gasteiger partial charge in [-0.25, -0.2) is 9.78 Å². The largest absolute Gasteiger partial charge is 0.478 e. The van der Waals surface area contributed by atoms with E-state index in [-0.39, 0.29) is 5.92 Å². The Balaban J connectivity index is 0.00000176. The molecular weight excluding hydrogens is 344 g/mol. The molecule has 0 aliphatic carbocycles. The fourth-order valence-corrected chi connectivity index (χ4v) is 2.58. The molecule has 7 heteroatoms. The first-order valence-electron chi connectivity index (χ1n) is 8.58. The Morgan fingerprint density at radius 3 is 2.52 bits per heavy atom. The van der Waals surface area contributed by atoms with Gasteiger partial charge in [0.1, 0.15) is 12.1 Å². The fourth-order valence-electron chi connectivity index (χ4n) is 2.58. The van der Waals surface area contributed by atoms with Gasteiger partial charge in [-0.1, -0.05) is 19.2 Å². The number of carbonyl (C=O) groups excluding carboxylic acids is 1. The van der Waals surface area contributed by atoms with Gasteiger partial charge in [-0.2, -0.15) is 0 Å². The van der Waals surface area contributed by atoms with Gasteiger partial charge in [0.05, 0.1) is 18.1 Å². The van der Waals surface area contributed by atoms with Crippen LogP contribution in [0.2, 0.25) is 0 Å². The first-order valence-corrected chi connectivity index (χ1v) is 8.58. The first kappa shape index (κ1) is 22.0. The number of rotatable bonds is 7. The van der Waals surface area contributed by atoms with Crippen molar-refractivity contribution in [3.05, 3.63) is 61.1 Å². The van der Waals surface area contributed by atoms with Gasteiger partial charge in [0.25, 0.3) is 0 Å². The summed E-state index contributed by atoms with van der Waals surface area (Å²) in [4.78, 5) is 32.4. The lowest BCUT2D eigenvalue weighted by Crippen LogP contribution is -2.34. The molecule has 1 aliphatic rings. The van der Waals surface area contributed by atoms with E-state index in [1.54, 1.807) is 24.5 Å². The number of hydrogen-bond acceptors (Lipinski definition) is 6. The molecule has 2 rings (SSSR count). The van der Waals surface area contributed by atoms with Crippen molar-refractivity contribution >= 4 is 23.6 Å². The van der Waals surface area contributed by atoms with Gasteiger partial charge < -0.3 is 20.5 Å². The summed E-state index contributed by atoms with van der Waals surface area (Å²) in [5.74, 6) is -0.156. The van der Waals surface area contributed by atoms with Crippen LogP contribution >= 0.6 is 0 Å². The maximum Gasteiger partial charge on any atom is 0.328 e. The quantitative estimate of drug-likeness (QED) is 0.430. The number of nitrogens with two attached hydrogens (primary N) is 1. The number of carbonyl (C=O) groups is 2. The van der Waals surface area contributed by atoms with E-state index in [0.717, 1.165) is 44.1 Å². The van der Waals surface area contributed by atoms with Crippen LogP contribution in [0.25, 0.3) is 5.57 Å². The molecule has 7 nitrogen and oxygen atoms in total. The summed E-state index contributed by atoms with van der Waals surface area (Å²) in [5.41, 5.74) is 6.36. The maximum absolute atomic E-state index is 10.9. The molecule has 0 bridgehead atoms. The summed E-state index contributed by atoms with van der Waals surface area (Å²) in [6, 6.07) is 0. The monoisotopic (exact) mass is 370 g/mol. The van der Waals surface area contributed by atoms with Gasteiger partial charge >= 0.3 is 5.97 Å². The van der Waals surface area contributed by atoms with E-state index in [2.05, 4.69) is 33.8 Å². The summed E-state index contributed by atoms with van der Waals surface area (Å²) < 4.78 is 0. The van der Waals surface area contributed by atoms with Crippen molar-refractivity contribution in [2.45, 2.75) is 12.8 Å². The Bertz CT molecular complexity index is 732. The average Bonchev–Trinajstić information content (AvgIpc) is 2.72. The summed E-state index contributed by atoms with van der Waals surface area (Å²) in [5, 5.41) is 8.67. The molecule has 1 fully saturated rings. The zero-order valence-corrected chi connectivity index (χ0v) is 15.5. The standard InChI is InChI=1S/C19H21N3O3.CH5N/c1-3-16(10-14(2)4-5-19(24)25)17-11-20-12-18(21-17)22-8-6-15(13-23)7-9-22;1-2/h3-5,10-13,15H,1-2,6-9H2,(H,24,25);2H2,1H3/b5-4+,16-10+;. The molecular formula is C20H26N4O3. The molecule has 0 radical (unpaired) electrons. The van der Waals surface area contributed by atoms with E-state index in [9.17, 15) is 9.59 Å². The van der Waals surface area contributed by atoms with Crippen molar-refractivity contribution in [1.82, 2.24) is 9.97 Å². The minimum Gasteiger partial charge on any atom is -0.478 e. The number of aliphatic carboxylic acids is 1. The molecule has 0 aromatic carbocycles. The van der Waals surface area contributed by atoms with Crippen LogP contribution < -0.4 is 10.6 Å². The molecule has 0 atom stereocenters. The van der Waals surface area contributed by atoms with Crippen molar-refractivity contribution in [2.24, 2.45) is 11.7 Å². The van der Waals surface area contributed by atoms with Gasteiger partial charge in [0, 0.05) is 30.7 Å². The molecule has 1 saturated heterocycles. The van der Waals surface area contributed by atoms with Gasteiger partial charge in [-0.15, -0.1) is 0 Å². The van der Waals surface area contributed by atoms with Crippen molar-refractivity contribution in [3.63, 3.8) is 0 Å². The Hall–Kier alpha value is -3.06. The Labute approximate surface area is 159 Å².